The molecule has 0 amide bonds. The van der Waals surface area contributed by atoms with E-state index in [1.54, 1.807) is 17.5 Å². The summed E-state index contributed by atoms with van der Waals surface area (Å²) in [6.07, 6.45) is 0. The van der Waals surface area contributed by atoms with E-state index in [1.807, 2.05) is 34.6 Å². The molecular weight excluding hydrogens is 276 g/mol. The fourth-order valence-electron chi connectivity index (χ4n) is 1.76. The van der Waals surface area contributed by atoms with E-state index in [4.69, 9.17) is 0 Å². The minimum atomic E-state index is -0.00907. The molecule has 1 aliphatic carbocycles. The van der Waals surface area contributed by atoms with Gasteiger partial charge in [-0.25, -0.2) is 0 Å². The first kappa shape index (κ1) is 15.8. The fraction of sp³-hybridized carbons (Fsp3) is 0.333. The van der Waals surface area contributed by atoms with Crippen LogP contribution in [0.5, 0.6) is 0 Å². The van der Waals surface area contributed by atoms with E-state index >= 15 is 0 Å². The van der Waals surface area contributed by atoms with Crippen molar-refractivity contribution in [2.45, 2.75) is 34.6 Å². The number of aryl methyl sites for hydroxylation is 1. The van der Waals surface area contributed by atoms with Crippen molar-refractivity contribution in [1.82, 2.24) is 0 Å². The summed E-state index contributed by atoms with van der Waals surface area (Å²) in [5.41, 5.74) is 1.14. The molecule has 0 radical (unpaired) electrons. The average molecular weight is 294 g/mol. The van der Waals surface area contributed by atoms with Gasteiger partial charge < -0.3 is 0 Å². The van der Waals surface area contributed by atoms with Crippen molar-refractivity contribution in [2.75, 3.05) is 0 Å². The molecule has 2 nitrogen and oxygen atoms in total. The summed E-state index contributed by atoms with van der Waals surface area (Å²) in [6, 6.07) is 3.54. The van der Waals surface area contributed by atoms with Crippen molar-refractivity contribution >= 4 is 34.2 Å². The summed E-state index contributed by atoms with van der Waals surface area (Å²) in [5.74, 6) is -0.00194. The molecule has 0 N–H and O–H groups in total. The molecule has 1 aliphatic rings. The van der Waals surface area contributed by atoms with E-state index in [-0.39, 0.29) is 11.6 Å². The van der Waals surface area contributed by atoms with Crippen molar-refractivity contribution in [3.8, 4) is 0 Å². The zero-order valence-electron chi connectivity index (χ0n) is 11.9. The van der Waals surface area contributed by atoms with Gasteiger partial charge in [0, 0.05) is 16.0 Å². The number of rotatable bonds is 0. The molecule has 0 saturated carbocycles. The summed E-state index contributed by atoms with van der Waals surface area (Å²) in [4.78, 5) is 26.2. The van der Waals surface area contributed by atoms with E-state index in [2.05, 4.69) is 0 Å². The van der Waals surface area contributed by atoms with Crippen LogP contribution in [0.25, 0.3) is 0 Å². The second-order valence-corrected chi connectivity index (χ2v) is 5.59. The molecule has 102 valence electrons. The summed E-state index contributed by atoms with van der Waals surface area (Å²) in [5, 5.41) is 1.80. The molecule has 0 bridgehead atoms. The van der Waals surface area contributed by atoms with Crippen molar-refractivity contribution in [1.29, 1.82) is 0 Å². The Hall–Kier alpha value is -1.26. The van der Waals surface area contributed by atoms with Gasteiger partial charge in [0.05, 0.1) is 9.75 Å². The molecule has 0 atom stereocenters. The Morgan fingerprint density at radius 3 is 2.16 bits per heavy atom. The van der Waals surface area contributed by atoms with Crippen molar-refractivity contribution in [2.24, 2.45) is 0 Å². The normalized spacial score (nSPS) is 11.6. The third kappa shape index (κ3) is 2.69. The maximum Gasteiger partial charge on any atom is 0.214 e. The van der Waals surface area contributed by atoms with Gasteiger partial charge in [-0.2, -0.15) is 0 Å². The quantitative estimate of drug-likeness (QED) is 0.588. The minimum absolute atomic E-state index is 0.00713. The monoisotopic (exact) mass is 294 g/mol. The summed E-state index contributed by atoms with van der Waals surface area (Å²) in [7, 11) is 0. The van der Waals surface area contributed by atoms with Crippen LogP contribution in [0.2, 0.25) is 0 Å². The van der Waals surface area contributed by atoms with E-state index in [1.165, 1.54) is 22.7 Å². The maximum atomic E-state index is 12.0. The maximum absolute atomic E-state index is 12.0. The summed E-state index contributed by atoms with van der Waals surface area (Å²) < 4.78 is 0. The highest BCUT2D eigenvalue weighted by Crippen LogP contribution is 2.35. The van der Waals surface area contributed by atoms with Crippen molar-refractivity contribution < 1.29 is 9.59 Å². The number of hydrogen-bond acceptors (Lipinski definition) is 4. The first-order valence-corrected chi connectivity index (χ1v) is 8.15. The zero-order valence-corrected chi connectivity index (χ0v) is 13.5. The standard InChI is InChI=1S/C11H6O2S2.2C2H6/c1-5-4-7-8(12)6-2-3-14-10(6)9(13)11(7)15-5;2*1-2/h2-4H,1H3;2*1-2H3. The number of carbonyl (C=O) groups is 2. The van der Waals surface area contributed by atoms with Crippen LogP contribution in [0.1, 0.15) is 63.0 Å². The van der Waals surface area contributed by atoms with Gasteiger partial charge in [0.1, 0.15) is 0 Å². The van der Waals surface area contributed by atoms with Gasteiger partial charge in [0.25, 0.3) is 0 Å². The Balaban J connectivity index is 0.000000415. The molecule has 0 unspecified atom stereocenters. The van der Waals surface area contributed by atoms with E-state index in [0.29, 0.717) is 20.9 Å². The van der Waals surface area contributed by atoms with Crippen LogP contribution >= 0.6 is 22.7 Å². The third-order valence-electron chi connectivity index (χ3n) is 2.42. The van der Waals surface area contributed by atoms with Gasteiger partial charge >= 0.3 is 0 Å². The van der Waals surface area contributed by atoms with Gasteiger partial charge in [0.2, 0.25) is 5.78 Å². The van der Waals surface area contributed by atoms with E-state index in [9.17, 15) is 9.59 Å². The Morgan fingerprint density at radius 2 is 1.53 bits per heavy atom. The van der Waals surface area contributed by atoms with Crippen molar-refractivity contribution in [3.05, 3.63) is 43.3 Å². The lowest BCUT2D eigenvalue weighted by Gasteiger charge is -2.08. The molecule has 2 aromatic heterocycles. The van der Waals surface area contributed by atoms with Crippen LogP contribution in [0.15, 0.2) is 17.5 Å². The van der Waals surface area contributed by atoms with Crippen LogP contribution in [0.4, 0.5) is 0 Å². The summed E-state index contributed by atoms with van der Waals surface area (Å²) in [6.45, 7) is 9.91. The molecule has 3 rings (SSSR count). The predicted octanol–water partition coefficient (Wildman–Crippen LogP) is 4.95. The van der Waals surface area contributed by atoms with Crippen molar-refractivity contribution in [3.63, 3.8) is 0 Å². The molecule has 2 heterocycles. The SMILES string of the molecule is CC.CC.Cc1cc2c(s1)C(=O)c1sccc1C2=O. The van der Waals surface area contributed by atoms with Gasteiger partial charge in [0.15, 0.2) is 5.78 Å². The Morgan fingerprint density at radius 1 is 0.895 bits per heavy atom. The van der Waals surface area contributed by atoms with Crippen LogP contribution in [-0.4, -0.2) is 11.6 Å². The predicted molar refractivity (Wildman–Crippen MR) is 82.9 cm³/mol. The highest BCUT2D eigenvalue weighted by Gasteiger charge is 2.32. The molecule has 0 spiro atoms. The van der Waals surface area contributed by atoms with Gasteiger partial charge in [-0.05, 0) is 24.4 Å². The van der Waals surface area contributed by atoms with E-state index < -0.39 is 0 Å². The zero-order chi connectivity index (χ0) is 14.6. The minimum Gasteiger partial charge on any atom is -0.288 e. The second-order valence-electron chi connectivity index (χ2n) is 3.42. The number of fused-ring (bicyclic) bond motifs is 2. The summed E-state index contributed by atoms with van der Waals surface area (Å²) >= 11 is 2.75. The van der Waals surface area contributed by atoms with Gasteiger partial charge in [-0.3, -0.25) is 9.59 Å². The van der Waals surface area contributed by atoms with Crippen LogP contribution < -0.4 is 0 Å². The molecule has 0 fully saturated rings. The van der Waals surface area contributed by atoms with Crippen LogP contribution in [0, 0.1) is 6.92 Å². The first-order chi connectivity index (χ1) is 9.18. The molecule has 0 aliphatic heterocycles. The number of ketones is 2. The highest BCUT2D eigenvalue weighted by atomic mass is 32.1. The number of hydrogen-bond donors (Lipinski definition) is 0. The lowest BCUT2D eigenvalue weighted by molar-refractivity contribution is 0.0986. The Labute approximate surface area is 122 Å². The molecule has 0 aromatic carbocycles. The van der Waals surface area contributed by atoms with Gasteiger partial charge in [-0.15, -0.1) is 22.7 Å². The molecule has 4 heteroatoms. The number of carbonyl (C=O) groups excluding carboxylic acids is 2. The molecular formula is C15H18O2S2. The Kier molecular flexibility index (Phi) is 5.63. The number of thiophene rings is 2. The lowest BCUT2D eigenvalue weighted by atomic mass is 9.95. The molecule has 19 heavy (non-hydrogen) atoms. The first-order valence-electron chi connectivity index (χ1n) is 6.46. The second kappa shape index (κ2) is 6.78. The fourth-order valence-corrected chi connectivity index (χ4v) is 3.62. The molecule has 2 aromatic rings. The van der Waals surface area contributed by atoms with Gasteiger partial charge in [-0.1, -0.05) is 27.7 Å². The third-order valence-corrected chi connectivity index (χ3v) is 4.38. The van der Waals surface area contributed by atoms with E-state index in [0.717, 1.165) is 4.88 Å². The van der Waals surface area contributed by atoms with Crippen LogP contribution in [0.3, 0.4) is 0 Å². The lowest BCUT2D eigenvalue weighted by Crippen LogP contribution is -2.15. The largest absolute Gasteiger partial charge is 0.288 e. The highest BCUT2D eigenvalue weighted by molar-refractivity contribution is 7.17. The molecule has 0 saturated heterocycles. The smallest absolute Gasteiger partial charge is 0.214 e. The topological polar surface area (TPSA) is 34.1 Å². The average Bonchev–Trinajstić information content (AvgIpc) is 3.07. The van der Waals surface area contributed by atoms with Crippen LogP contribution in [-0.2, 0) is 0 Å². The Bertz CT molecular complexity index is 543.